The first-order chi connectivity index (χ1) is 16.2. The number of rotatable bonds is 6. The van der Waals surface area contributed by atoms with Crippen LogP contribution < -0.4 is 10.6 Å². The molecule has 1 aliphatic heterocycles. The van der Waals surface area contributed by atoms with Gasteiger partial charge in [0.15, 0.2) is 0 Å². The van der Waals surface area contributed by atoms with E-state index in [-0.39, 0.29) is 5.91 Å². The minimum Gasteiger partial charge on any atom is -0.346 e. The molecule has 33 heavy (non-hydrogen) atoms. The molecule has 8 nitrogen and oxygen atoms in total. The monoisotopic (exact) mass is 441 g/mol. The van der Waals surface area contributed by atoms with Crippen molar-refractivity contribution in [3.05, 3.63) is 66.7 Å². The summed E-state index contributed by atoms with van der Waals surface area (Å²) in [4.78, 5) is 28.2. The molecule has 1 saturated heterocycles. The molecule has 1 aliphatic rings. The number of carbonyl (C=O) groups excluding carboxylic acids is 1. The molecule has 3 aromatic heterocycles. The Labute approximate surface area is 192 Å². The summed E-state index contributed by atoms with van der Waals surface area (Å²) in [6.45, 7) is 6.19. The van der Waals surface area contributed by atoms with Crippen molar-refractivity contribution in [3.63, 3.8) is 0 Å². The summed E-state index contributed by atoms with van der Waals surface area (Å²) in [5, 5.41) is 7.66. The summed E-state index contributed by atoms with van der Waals surface area (Å²) in [6, 6.07) is 11.5. The molecule has 1 amide bonds. The third-order valence-corrected chi connectivity index (χ3v) is 5.85. The van der Waals surface area contributed by atoms with E-state index in [0.717, 1.165) is 67.0 Å². The Hall–Kier alpha value is -3.78. The zero-order chi connectivity index (χ0) is 22.6. The fraction of sp³-hybridized carbons (Fsp3) is 0.280. The van der Waals surface area contributed by atoms with Crippen molar-refractivity contribution in [2.75, 3.05) is 31.5 Å². The maximum Gasteiger partial charge on any atom is 0.254 e. The van der Waals surface area contributed by atoms with Gasteiger partial charge in [-0.05, 0) is 36.8 Å². The summed E-state index contributed by atoms with van der Waals surface area (Å²) in [6.07, 6.45) is 8.64. The first kappa shape index (κ1) is 21.1. The number of nitrogens with zero attached hydrogens (tertiary/aromatic N) is 5. The summed E-state index contributed by atoms with van der Waals surface area (Å²) >= 11 is 0. The van der Waals surface area contributed by atoms with Gasteiger partial charge in [-0.2, -0.15) is 0 Å². The van der Waals surface area contributed by atoms with Crippen molar-refractivity contribution in [3.8, 4) is 11.3 Å². The van der Waals surface area contributed by atoms with Crippen LogP contribution in [-0.4, -0.2) is 56.5 Å². The second-order valence-electron chi connectivity index (χ2n) is 8.14. The lowest BCUT2D eigenvalue weighted by molar-refractivity contribution is 0.0736. The van der Waals surface area contributed by atoms with Crippen molar-refractivity contribution < 1.29 is 4.79 Å². The fourth-order valence-corrected chi connectivity index (χ4v) is 4.25. The molecule has 0 spiro atoms. The van der Waals surface area contributed by atoms with Crippen LogP contribution in [0, 0.1) is 0 Å². The molecule has 0 aliphatic carbocycles. The lowest BCUT2D eigenvalue weighted by Gasteiger charge is -2.27. The van der Waals surface area contributed by atoms with E-state index in [0.29, 0.717) is 11.5 Å². The number of piperazine rings is 1. The van der Waals surface area contributed by atoms with Gasteiger partial charge in [-0.3, -0.25) is 9.78 Å². The maximum absolute atomic E-state index is 12.9. The highest BCUT2D eigenvalue weighted by molar-refractivity contribution is 5.96. The number of hydrogen-bond donors (Lipinski definition) is 2. The SMILES string of the molecule is CCCn1cc(-c2ccnc(Nc3cccc(C(=O)N4CCNCC4)c3)n2)c2ccncc21. The van der Waals surface area contributed by atoms with Crippen LogP contribution in [0.15, 0.2) is 61.2 Å². The van der Waals surface area contributed by atoms with Crippen molar-refractivity contribution in [1.29, 1.82) is 0 Å². The number of aromatic nitrogens is 4. The predicted octanol–water partition coefficient (Wildman–Crippen LogP) is 3.69. The lowest BCUT2D eigenvalue weighted by atomic mass is 10.1. The van der Waals surface area contributed by atoms with Gasteiger partial charge < -0.3 is 20.1 Å². The average molecular weight is 442 g/mol. The molecule has 8 heteroatoms. The van der Waals surface area contributed by atoms with Gasteiger partial charge >= 0.3 is 0 Å². The number of carbonyl (C=O) groups is 1. The second-order valence-corrected chi connectivity index (χ2v) is 8.14. The number of amides is 1. The zero-order valence-corrected chi connectivity index (χ0v) is 18.7. The van der Waals surface area contributed by atoms with Gasteiger partial charge in [0.2, 0.25) is 5.95 Å². The largest absolute Gasteiger partial charge is 0.346 e. The van der Waals surface area contributed by atoms with Gasteiger partial charge in [-0.15, -0.1) is 0 Å². The zero-order valence-electron chi connectivity index (χ0n) is 18.7. The van der Waals surface area contributed by atoms with Crippen LogP contribution in [-0.2, 0) is 6.54 Å². The summed E-state index contributed by atoms with van der Waals surface area (Å²) < 4.78 is 2.22. The Kier molecular flexibility index (Phi) is 5.99. The van der Waals surface area contributed by atoms with Crippen molar-refractivity contribution in [2.24, 2.45) is 0 Å². The van der Waals surface area contributed by atoms with E-state index in [4.69, 9.17) is 4.98 Å². The van der Waals surface area contributed by atoms with Gasteiger partial charge in [0.25, 0.3) is 5.91 Å². The molecule has 0 radical (unpaired) electrons. The van der Waals surface area contributed by atoms with Crippen LogP contribution in [0.2, 0.25) is 0 Å². The summed E-state index contributed by atoms with van der Waals surface area (Å²) in [5.41, 5.74) is 4.43. The molecule has 5 rings (SSSR count). The van der Waals surface area contributed by atoms with Crippen LogP contribution in [0.3, 0.4) is 0 Å². The molecular formula is C25H27N7O. The fourth-order valence-electron chi connectivity index (χ4n) is 4.25. The second kappa shape index (κ2) is 9.38. The van der Waals surface area contributed by atoms with Gasteiger partial charge in [0.1, 0.15) is 0 Å². The first-order valence-electron chi connectivity index (χ1n) is 11.4. The molecule has 1 aromatic carbocycles. The smallest absolute Gasteiger partial charge is 0.254 e. The molecule has 0 atom stereocenters. The number of nitrogens with one attached hydrogen (secondary N) is 2. The van der Waals surface area contributed by atoms with Gasteiger partial charge in [-0.1, -0.05) is 13.0 Å². The number of benzene rings is 1. The molecule has 0 saturated carbocycles. The minimum absolute atomic E-state index is 0.0483. The predicted molar refractivity (Wildman–Crippen MR) is 130 cm³/mol. The van der Waals surface area contributed by atoms with Crippen LogP contribution in [0.4, 0.5) is 11.6 Å². The minimum atomic E-state index is 0.0483. The number of anilines is 2. The summed E-state index contributed by atoms with van der Waals surface area (Å²) in [7, 11) is 0. The van der Waals surface area contributed by atoms with E-state index in [1.807, 2.05) is 53.7 Å². The number of hydrogen-bond acceptors (Lipinski definition) is 6. The Balaban J connectivity index is 1.41. The molecule has 168 valence electrons. The lowest BCUT2D eigenvalue weighted by Crippen LogP contribution is -2.46. The first-order valence-corrected chi connectivity index (χ1v) is 11.4. The van der Waals surface area contributed by atoms with Gasteiger partial charge in [-0.25, -0.2) is 9.97 Å². The molecule has 1 fully saturated rings. The normalized spacial score (nSPS) is 13.9. The Morgan fingerprint density at radius 2 is 2.03 bits per heavy atom. The van der Waals surface area contributed by atoms with Crippen molar-refractivity contribution in [2.45, 2.75) is 19.9 Å². The molecule has 2 N–H and O–H groups in total. The quantitative estimate of drug-likeness (QED) is 0.475. The van der Waals surface area contributed by atoms with Crippen LogP contribution >= 0.6 is 0 Å². The van der Waals surface area contributed by atoms with Gasteiger partial charge in [0.05, 0.1) is 17.4 Å². The van der Waals surface area contributed by atoms with Gasteiger partial charge in [0, 0.05) is 73.5 Å². The Morgan fingerprint density at radius 3 is 2.88 bits per heavy atom. The van der Waals surface area contributed by atoms with E-state index < -0.39 is 0 Å². The highest BCUT2D eigenvalue weighted by Crippen LogP contribution is 2.30. The standard InChI is InChI=1S/C25H27N7O/c1-2-12-32-17-21(20-6-8-27-16-23(20)32)22-7-9-28-25(30-22)29-19-5-3-4-18(15-19)24(33)31-13-10-26-11-14-31/h3-9,15-17,26H,2,10-14H2,1H3,(H,28,29,30). The molecule has 0 unspecified atom stereocenters. The maximum atomic E-state index is 12.9. The van der Waals surface area contributed by atoms with E-state index in [1.165, 1.54) is 0 Å². The number of fused-ring (bicyclic) bond motifs is 1. The summed E-state index contributed by atoms with van der Waals surface area (Å²) in [5.74, 6) is 0.539. The van der Waals surface area contributed by atoms with Crippen molar-refractivity contribution in [1.82, 2.24) is 29.7 Å². The highest BCUT2D eigenvalue weighted by Gasteiger charge is 2.18. The number of pyridine rings is 1. The van der Waals surface area contributed by atoms with Crippen LogP contribution in [0.1, 0.15) is 23.7 Å². The molecule has 0 bridgehead atoms. The van der Waals surface area contributed by atoms with E-state index in [2.05, 4.69) is 38.3 Å². The third kappa shape index (κ3) is 4.42. The highest BCUT2D eigenvalue weighted by atomic mass is 16.2. The van der Waals surface area contributed by atoms with Crippen molar-refractivity contribution >= 4 is 28.4 Å². The van der Waals surface area contributed by atoms with E-state index >= 15 is 0 Å². The average Bonchev–Trinajstić information content (AvgIpc) is 3.23. The third-order valence-electron chi connectivity index (χ3n) is 5.85. The van der Waals surface area contributed by atoms with E-state index in [1.54, 1.807) is 6.20 Å². The molecule has 4 heterocycles. The number of aryl methyl sites for hydroxylation is 1. The van der Waals surface area contributed by atoms with Crippen LogP contribution in [0.5, 0.6) is 0 Å². The van der Waals surface area contributed by atoms with Crippen LogP contribution in [0.25, 0.3) is 22.2 Å². The molecule has 4 aromatic rings. The Morgan fingerprint density at radius 1 is 1.15 bits per heavy atom. The molecular weight excluding hydrogens is 414 g/mol. The topological polar surface area (TPSA) is 88.0 Å². The van der Waals surface area contributed by atoms with E-state index in [9.17, 15) is 4.79 Å². The Bertz CT molecular complexity index is 1280.